The highest BCUT2D eigenvalue weighted by atomic mass is 79.9. The molecule has 0 aliphatic heterocycles. The molecule has 17 heavy (non-hydrogen) atoms. The fourth-order valence-corrected chi connectivity index (χ4v) is 1.87. The molecule has 1 aromatic heterocycles. The van der Waals surface area contributed by atoms with E-state index in [1.54, 1.807) is 24.5 Å². The molecule has 1 aromatic carbocycles. The maximum atomic E-state index is 13.8. The van der Waals surface area contributed by atoms with Gasteiger partial charge in [-0.3, -0.25) is 4.98 Å². The van der Waals surface area contributed by atoms with Crippen LogP contribution < -0.4 is 5.32 Å². The van der Waals surface area contributed by atoms with Crippen LogP contribution in [-0.2, 0) is 0 Å². The molecule has 88 valence electrons. The normalized spacial score (nSPS) is 10.3. The van der Waals surface area contributed by atoms with E-state index in [0.717, 1.165) is 4.47 Å². The standard InChI is InChI=1S/C12H11BrFN3/c1-2-15-12-11(16-5-6-17-12)9-7-8(13)3-4-10(9)14/h3-7H,2H2,1H3,(H,15,17). The van der Waals surface area contributed by atoms with Gasteiger partial charge in [0.15, 0.2) is 5.82 Å². The van der Waals surface area contributed by atoms with Gasteiger partial charge in [-0.15, -0.1) is 0 Å². The molecule has 0 unspecified atom stereocenters. The average Bonchev–Trinajstić information content (AvgIpc) is 2.34. The van der Waals surface area contributed by atoms with Crippen molar-refractivity contribution >= 4 is 21.7 Å². The van der Waals surface area contributed by atoms with E-state index in [1.165, 1.54) is 6.07 Å². The lowest BCUT2D eigenvalue weighted by molar-refractivity contribution is 0.630. The number of halogens is 2. The van der Waals surface area contributed by atoms with E-state index < -0.39 is 0 Å². The van der Waals surface area contributed by atoms with E-state index in [9.17, 15) is 4.39 Å². The molecule has 0 amide bonds. The summed E-state index contributed by atoms with van der Waals surface area (Å²) in [5.74, 6) is 0.278. The van der Waals surface area contributed by atoms with Crippen LogP contribution in [0, 0.1) is 5.82 Å². The van der Waals surface area contributed by atoms with Crippen LogP contribution in [0.15, 0.2) is 35.1 Å². The first-order chi connectivity index (χ1) is 8.22. The maximum Gasteiger partial charge on any atom is 0.152 e. The number of anilines is 1. The van der Waals surface area contributed by atoms with Crippen molar-refractivity contribution < 1.29 is 4.39 Å². The molecule has 5 heteroatoms. The van der Waals surface area contributed by atoms with Gasteiger partial charge in [-0.05, 0) is 25.1 Å². The number of nitrogens with zero attached hydrogens (tertiary/aromatic N) is 2. The van der Waals surface area contributed by atoms with Crippen LogP contribution in [0.1, 0.15) is 6.92 Å². The molecule has 0 spiro atoms. The minimum atomic E-state index is -0.312. The zero-order chi connectivity index (χ0) is 12.3. The van der Waals surface area contributed by atoms with Crippen molar-refractivity contribution in [1.82, 2.24) is 9.97 Å². The monoisotopic (exact) mass is 295 g/mol. The van der Waals surface area contributed by atoms with Gasteiger partial charge in [0.25, 0.3) is 0 Å². The summed E-state index contributed by atoms with van der Waals surface area (Å²) in [5.41, 5.74) is 0.955. The molecule has 0 aliphatic rings. The number of hydrogen-bond donors (Lipinski definition) is 1. The van der Waals surface area contributed by atoms with Crippen molar-refractivity contribution in [2.75, 3.05) is 11.9 Å². The first-order valence-corrected chi connectivity index (χ1v) is 6.02. The van der Waals surface area contributed by atoms with Crippen molar-refractivity contribution in [2.45, 2.75) is 6.92 Å². The van der Waals surface area contributed by atoms with E-state index in [4.69, 9.17) is 0 Å². The van der Waals surface area contributed by atoms with Gasteiger partial charge < -0.3 is 5.32 Å². The second-order valence-corrected chi connectivity index (χ2v) is 4.32. The lowest BCUT2D eigenvalue weighted by Gasteiger charge is -2.09. The summed E-state index contributed by atoms with van der Waals surface area (Å²) < 4.78 is 14.6. The molecule has 0 bridgehead atoms. The molecular formula is C12H11BrFN3. The van der Waals surface area contributed by atoms with Crippen molar-refractivity contribution in [3.8, 4) is 11.3 Å². The van der Waals surface area contributed by atoms with Crippen LogP contribution in [0.4, 0.5) is 10.2 Å². The molecule has 0 fully saturated rings. The van der Waals surface area contributed by atoms with Crippen LogP contribution >= 0.6 is 15.9 Å². The van der Waals surface area contributed by atoms with E-state index in [2.05, 4.69) is 31.2 Å². The Morgan fingerprint density at radius 1 is 1.29 bits per heavy atom. The van der Waals surface area contributed by atoms with Crippen LogP contribution in [0.3, 0.4) is 0 Å². The number of benzene rings is 1. The number of nitrogens with one attached hydrogen (secondary N) is 1. The van der Waals surface area contributed by atoms with Crippen molar-refractivity contribution in [3.63, 3.8) is 0 Å². The third kappa shape index (κ3) is 2.61. The molecule has 0 aliphatic carbocycles. The lowest BCUT2D eigenvalue weighted by atomic mass is 10.1. The second-order valence-electron chi connectivity index (χ2n) is 3.41. The van der Waals surface area contributed by atoms with E-state index in [1.807, 2.05) is 6.92 Å². The molecule has 1 heterocycles. The third-order valence-corrected chi connectivity index (χ3v) is 2.72. The summed E-state index contributed by atoms with van der Waals surface area (Å²) in [7, 11) is 0. The van der Waals surface area contributed by atoms with Crippen LogP contribution in [0.2, 0.25) is 0 Å². The Morgan fingerprint density at radius 2 is 2.06 bits per heavy atom. The zero-order valence-electron chi connectivity index (χ0n) is 9.24. The Hall–Kier alpha value is -1.49. The Morgan fingerprint density at radius 3 is 2.82 bits per heavy atom. The second kappa shape index (κ2) is 5.23. The quantitative estimate of drug-likeness (QED) is 0.942. The van der Waals surface area contributed by atoms with Crippen LogP contribution in [0.5, 0.6) is 0 Å². The van der Waals surface area contributed by atoms with Crippen molar-refractivity contribution in [1.29, 1.82) is 0 Å². The summed E-state index contributed by atoms with van der Waals surface area (Å²) in [6, 6.07) is 4.76. The number of hydrogen-bond acceptors (Lipinski definition) is 3. The van der Waals surface area contributed by atoms with E-state index in [0.29, 0.717) is 23.6 Å². The van der Waals surface area contributed by atoms with Gasteiger partial charge in [0.05, 0.1) is 0 Å². The Labute approximate surface area is 107 Å². The molecule has 3 nitrogen and oxygen atoms in total. The van der Waals surface area contributed by atoms with Gasteiger partial charge in [0.2, 0.25) is 0 Å². The maximum absolute atomic E-state index is 13.8. The summed E-state index contributed by atoms with van der Waals surface area (Å²) in [6.07, 6.45) is 3.13. The van der Waals surface area contributed by atoms with Crippen LogP contribution in [0.25, 0.3) is 11.3 Å². The topological polar surface area (TPSA) is 37.8 Å². The summed E-state index contributed by atoms with van der Waals surface area (Å²) in [6.45, 7) is 2.66. The predicted molar refractivity (Wildman–Crippen MR) is 69.3 cm³/mol. The fourth-order valence-electron chi connectivity index (χ4n) is 1.51. The van der Waals surface area contributed by atoms with Gasteiger partial charge in [0.1, 0.15) is 11.5 Å². The fraction of sp³-hybridized carbons (Fsp3) is 0.167. The Balaban J connectivity index is 2.55. The average molecular weight is 296 g/mol. The minimum absolute atomic E-state index is 0.312. The molecule has 2 rings (SSSR count). The van der Waals surface area contributed by atoms with Crippen molar-refractivity contribution in [3.05, 3.63) is 40.9 Å². The summed E-state index contributed by atoms with van der Waals surface area (Å²) in [5, 5.41) is 3.07. The molecule has 2 aromatic rings. The number of aromatic nitrogens is 2. The first kappa shape index (κ1) is 12.0. The minimum Gasteiger partial charge on any atom is -0.369 e. The molecule has 0 saturated heterocycles. The number of rotatable bonds is 3. The molecule has 0 atom stereocenters. The van der Waals surface area contributed by atoms with E-state index in [-0.39, 0.29) is 5.82 Å². The highest BCUT2D eigenvalue weighted by Gasteiger charge is 2.12. The molecule has 1 N–H and O–H groups in total. The van der Waals surface area contributed by atoms with Gasteiger partial charge in [-0.2, -0.15) is 0 Å². The molecular weight excluding hydrogens is 285 g/mol. The summed E-state index contributed by atoms with van der Waals surface area (Å²) >= 11 is 3.32. The lowest BCUT2D eigenvalue weighted by Crippen LogP contribution is -2.03. The third-order valence-electron chi connectivity index (χ3n) is 2.23. The smallest absolute Gasteiger partial charge is 0.152 e. The molecule has 0 radical (unpaired) electrons. The van der Waals surface area contributed by atoms with E-state index >= 15 is 0 Å². The first-order valence-electron chi connectivity index (χ1n) is 5.22. The van der Waals surface area contributed by atoms with Gasteiger partial charge in [0, 0.05) is 29.0 Å². The summed E-state index contributed by atoms with van der Waals surface area (Å²) in [4.78, 5) is 8.34. The Kier molecular flexibility index (Phi) is 3.68. The van der Waals surface area contributed by atoms with Gasteiger partial charge in [-0.25, -0.2) is 9.37 Å². The highest BCUT2D eigenvalue weighted by molar-refractivity contribution is 9.10. The van der Waals surface area contributed by atoms with Crippen molar-refractivity contribution in [2.24, 2.45) is 0 Å². The van der Waals surface area contributed by atoms with Crippen LogP contribution in [-0.4, -0.2) is 16.5 Å². The largest absolute Gasteiger partial charge is 0.369 e. The van der Waals surface area contributed by atoms with Gasteiger partial charge >= 0.3 is 0 Å². The zero-order valence-corrected chi connectivity index (χ0v) is 10.8. The molecule has 0 saturated carbocycles. The SMILES string of the molecule is CCNc1nccnc1-c1cc(Br)ccc1F. The highest BCUT2D eigenvalue weighted by Crippen LogP contribution is 2.28. The Bertz CT molecular complexity index is 531. The van der Waals surface area contributed by atoms with Gasteiger partial charge in [-0.1, -0.05) is 15.9 Å². The predicted octanol–water partition coefficient (Wildman–Crippen LogP) is 3.48.